The smallest absolute Gasteiger partial charge is 0.243 e. The van der Waals surface area contributed by atoms with Crippen LogP contribution in [0.5, 0.6) is 0 Å². The minimum absolute atomic E-state index is 0.259. The molecule has 2 heterocycles. The molecule has 0 aliphatic carbocycles. The summed E-state index contributed by atoms with van der Waals surface area (Å²) in [5.74, 6) is 1.97. The van der Waals surface area contributed by atoms with Crippen LogP contribution in [0.15, 0.2) is 29.2 Å². The number of hydrogen-bond acceptors (Lipinski definition) is 5. The van der Waals surface area contributed by atoms with Gasteiger partial charge in [0, 0.05) is 43.9 Å². The number of benzene rings is 1. The Balaban J connectivity index is 1.78. The van der Waals surface area contributed by atoms with Crippen LogP contribution in [-0.2, 0) is 10.0 Å². The number of piperazine rings is 1. The predicted molar refractivity (Wildman–Crippen MR) is 108 cm³/mol. The summed E-state index contributed by atoms with van der Waals surface area (Å²) in [4.78, 5) is 11.7. The number of sulfonamides is 1. The fourth-order valence-electron chi connectivity index (χ4n) is 3.28. The number of aryl methyl sites for hydroxylation is 3. The van der Waals surface area contributed by atoms with E-state index in [0.29, 0.717) is 31.1 Å². The van der Waals surface area contributed by atoms with Crippen LogP contribution in [0.1, 0.15) is 42.4 Å². The maximum Gasteiger partial charge on any atom is 0.243 e. The van der Waals surface area contributed by atoms with E-state index in [1.165, 1.54) is 0 Å². The largest absolute Gasteiger partial charge is 0.354 e. The Kier molecular flexibility index (Phi) is 5.53. The first-order chi connectivity index (χ1) is 12.7. The van der Waals surface area contributed by atoms with Gasteiger partial charge in [-0.25, -0.2) is 18.4 Å². The lowest BCUT2D eigenvalue weighted by Crippen LogP contribution is -2.49. The topological polar surface area (TPSA) is 66.4 Å². The zero-order valence-corrected chi connectivity index (χ0v) is 17.5. The van der Waals surface area contributed by atoms with Gasteiger partial charge < -0.3 is 4.90 Å². The van der Waals surface area contributed by atoms with Crippen molar-refractivity contribution in [2.24, 2.45) is 0 Å². The van der Waals surface area contributed by atoms with Crippen LogP contribution in [0.4, 0.5) is 5.82 Å². The highest BCUT2D eigenvalue weighted by molar-refractivity contribution is 7.89. The molecule has 1 aromatic heterocycles. The average molecular weight is 389 g/mol. The standard InChI is InChI=1S/C20H28N4O2S/c1-14(2)20-21-17(5)13-19(22-20)23-8-10-24(11-9-23)27(25,26)18-12-15(3)6-7-16(18)4/h6-7,12-14H,8-11H2,1-5H3. The summed E-state index contributed by atoms with van der Waals surface area (Å²) >= 11 is 0. The molecular formula is C20H28N4O2S. The highest BCUT2D eigenvalue weighted by atomic mass is 32.2. The summed E-state index contributed by atoms with van der Waals surface area (Å²) in [7, 11) is -3.48. The van der Waals surface area contributed by atoms with Gasteiger partial charge >= 0.3 is 0 Å². The van der Waals surface area contributed by atoms with Gasteiger partial charge in [-0.3, -0.25) is 0 Å². The molecule has 0 radical (unpaired) electrons. The van der Waals surface area contributed by atoms with Crippen molar-refractivity contribution in [2.45, 2.75) is 45.4 Å². The third kappa shape index (κ3) is 4.14. The van der Waals surface area contributed by atoms with Crippen molar-refractivity contribution in [1.82, 2.24) is 14.3 Å². The van der Waals surface area contributed by atoms with Gasteiger partial charge in [0.15, 0.2) is 0 Å². The molecule has 0 bridgehead atoms. The second-order valence-electron chi connectivity index (χ2n) is 7.54. The maximum atomic E-state index is 13.1. The summed E-state index contributed by atoms with van der Waals surface area (Å²) in [5.41, 5.74) is 2.68. The van der Waals surface area contributed by atoms with Crippen LogP contribution in [-0.4, -0.2) is 48.9 Å². The van der Waals surface area contributed by atoms with Gasteiger partial charge in [0.1, 0.15) is 11.6 Å². The van der Waals surface area contributed by atoms with Gasteiger partial charge in [0.25, 0.3) is 0 Å². The van der Waals surface area contributed by atoms with E-state index in [0.717, 1.165) is 28.5 Å². The quantitative estimate of drug-likeness (QED) is 0.805. The molecule has 7 heteroatoms. The van der Waals surface area contributed by atoms with Gasteiger partial charge in [-0.1, -0.05) is 26.0 Å². The molecule has 0 saturated carbocycles. The summed E-state index contributed by atoms with van der Waals surface area (Å²) in [5, 5.41) is 0. The van der Waals surface area contributed by atoms with E-state index in [-0.39, 0.29) is 5.92 Å². The van der Waals surface area contributed by atoms with Crippen LogP contribution in [0.2, 0.25) is 0 Å². The zero-order valence-electron chi connectivity index (χ0n) is 16.7. The van der Waals surface area contributed by atoms with Crippen LogP contribution < -0.4 is 4.90 Å². The molecule has 1 aliphatic heterocycles. The number of nitrogens with zero attached hydrogens (tertiary/aromatic N) is 4. The Morgan fingerprint density at radius 2 is 1.63 bits per heavy atom. The molecule has 3 rings (SSSR count). The molecule has 0 unspecified atom stereocenters. The number of anilines is 1. The van der Waals surface area contributed by atoms with E-state index in [9.17, 15) is 8.42 Å². The molecule has 27 heavy (non-hydrogen) atoms. The third-order valence-corrected chi connectivity index (χ3v) is 6.94. The molecular weight excluding hydrogens is 360 g/mol. The van der Waals surface area contributed by atoms with E-state index < -0.39 is 10.0 Å². The first-order valence-corrected chi connectivity index (χ1v) is 10.8. The Hall–Kier alpha value is -1.99. The van der Waals surface area contributed by atoms with Crippen molar-refractivity contribution >= 4 is 15.8 Å². The Bertz CT molecular complexity index is 933. The van der Waals surface area contributed by atoms with Crippen molar-refractivity contribution in [3.05, 3.63) is 46.9 Å². The molecule has 0 amide bonds. The molecule has 0 N–H and O–H groups in total. The van der Waals surface area contributed by atoms with Crippen molar-refractivity contribution < 1.29 is 8.42 Å². The highest BCUT2D eigenvalue weighted by Gasteiger charge is 2.30. The van der Waals surface area contributed by atoms with E-state index in [2.05, 4.69) is 28.7 Å². The van der Waals surface area contributed by atoms with Crippen molar-refractivity contribution in [3.8, 4) is 0 Å². The van der Waals surface area contributed by atoms with E-state index in [1.807, 2.05) is 39.0 Å². The third-order valence-electron chi connectivity index (χ3n) is 4.90. The fraction of sp³-hybridized carbons (Fsp3) is 0.500. The number of rotatable bonds is 4. The first kappa shape index (κ1) is 19.8. The lowest BCUT2D eigenvalue weighted by atomic mass is 10.2. The lowest BCUT2D eigenvalue weighted by molar-refractivity contribution is 0.383. The van der Waals surface area contributed by atoms with Crippen LogP contribution in [0.3, 0.4) is 0 Å². The molecule has 6 nitrogen and oxygen atoms in total. The lowest BCUT2D eigenvalue weighted by Gasteiger charge is -2.35. The Morgan fingerprint density at radius 3 is 2.26 bits per heavy atom. The molecule has 0 atom stereocenters. The van der Waals surface area contributed by atoms with E-state index in [4.69, 9.17) is 0 Å². The van der Waals surface area contributed by atoms with Crippen LogP contribution in [0, 0.1) is 20.8 Å². The second-order valence-corrected chi connectivity index (χ2v) is 9.45. The molecule has 0 spiro atoms. The van der Waals surface area contributed by atoms with Gasteiger partial charge in [0.2, 0.25) is 10.0 Å². The van der Waals surface area contributed by atoms with Gasteiger partial charge in [-0.15, -0.1) is 0 Å². The summed E-state index contributed by atoms with van der Waals surface area (Å²) in [6.07, 6.45) is 0. The van der Waals surface area contributed by atoms with Gasteiger partial charge in [-0.2, -0.15) is 4.31 Å². The molecule has 1 fully saturated rings. The highest BCUT2D eigenvalue weighted by Crippen LogP contribution is 2.24. The molecule has 1 aromatic carbocycles. The van der Waals surface area contributed by atoms with Gasteiger partial charge in [-0.05, 0) is 38.0 Å². The summed E-state index contributed by atoms with van der Waals surface area (Å²) in [6, 6.07) is 7.55. The fourth-order valence-corrected chi connectivity index (χ4v) is 5.01. The van der Waals surface area contributed by atoms with Crippen molar-refractivity contribution in [3.63, 3.8) is 0 Å². The minimum atomic E-state index is -3.48. The molecule has 1 saturated heterocycles. The number of hydrogen-bond donors (Lipinski definition) is 0. The van der Waals surface area contributed by atoms with Gasteiger partial charge in [0.05, 0.1) is 4.90 Å². The number of aromatic nitrogens is 2. The van der Waals surface area contributed by atoms with Crippen LogP contribution >= 0.6 is 0 Å². The van der Waals surface area contributed by atoms with Crippen molar-refractivity contribution in [1.29, 1.82) is 0 Å². The van der Waals surface area contributed by atoms with E-state index >= 15 is 0 Å². The second kappa shape index (κ2) is 7.56. The summed E-state index contributed by atoms with van der Waals surface area (Å²) in [6.45, 7) is 12.0. The summed E-state index contributed by atoms with van der Waals surface area (Å²) < 4.78 is 27.8. The average Bonchev–Trinajstić information content (AvgIpc) is 2.63. The molecule has 146 valence electrons. The van der Waals surface area contributed by atoms with E-state index in [1.54, 1.807) is 10.4 Å². The SMILES string of the molecule is Cc1ccc(C)c(S(=O)(=O)N2CCN(c3cc(C)nc(C(C)C)n3)CC2)c1. The Morgan fingerprint density at radius 1 is 0.963 bits per heavy atom. The van der Waals surface area contributed by atoms with Crippen molar-refractivity contribution in [2.75, 3.05) is 31.1 Å². The maximum absolute atomic E-state index is 13.1. The normalized spacial score (nSPS) is 16.1. The zero-order chi connectivity index (χ0) is 19.8. The minimum Gasteiger partial charge on any atom is -0.354 e. The first-order valence-electron chi connectivity index (χ1n) is 9.36. The molecule has 1 aliphatic rings. The predicted octanol–water partition coefficient (Wildman–Crippen LogP) is 3.04. The Labute approximate surface area is 162 Å². The molecule has 2 aromatic rings. The van der Waals surface area contributed by atoms with Crippen LogP contribution in [0.25, 0.3) is 0 Å². The monoisotopic (exact) mass is 388 g/mol.